The molecule has 0 bridgehead atoms. The molecule has 1 aliphatic rings. The summed E-state index contributed by atoms with van der Waals surface area (Å²) in [5.41, 5.74) is 1.88. The molecular formula is C15H23BO4S. The van der Waals surface area contributed by atoms with Gasteiger partial charge in [0.05, 0.1) is 17.0 Å². The van der Waals surface area contributed by atoms with E-state index >= 15 is 0 Å². The van der Waals surface area contributed by atoms with Crippen LogP contribution in [-0.4, -0.2) is 33.0 Å². The molecule has 4 nitrogen and oxygen atoms in total. The summed E-state index contributed by atoms with van der Waals surface area (Å²) >= 11 is 0. The van der Waals surface area contributed by atoms with Crippen LogP contribution in [0.3, 0.4) is 0 Å². The van der Waals surface area contributed by atoms with Gasteiger partial charge in [-0.2, -0.15) is 0 Å². The van der Waals surface area contributed by atoms with Crippen molar-refractivity contribution in [1.82, 2.24) is 0 Å². The van der Waals surface area contributed by atoms with Crippen LogP contribution in [0.2, 0.25) is 0 Å². The quantitative estimate of drug-likeness (QED) is 0.800. The zero-order chi connectivity index (χ0) is 16.1. The summed E-state index contributed by atoms with van der Waals surface area (Å²) in [6.07, 6.45) is 1.24. The first-order chi connectivity index (χ1) is 9.41. The van der Waals surface area contributed by atoms with Crippen LogP contribution in [0.25, 0.3) is 0 Å². The maximum absolute atomic E-state index is 11.5. The molecule has 6 heteroatoms. The molecule has 21 heavy (non-hydrogen) atoms. The van der Waals surface area contributed by atoms with Crippen molar-refractivity contribution < 1.29 is 17.7 Å². The third-order valence-corrected chi connectivity index (χ3v) is 5.14. The first kappa shape index (κ1) is 16.5. The lowest BCUT2D eigenvalue weighted by atomic mass is 9.75. The summed E-state index contributed by atoms with van der Waals surface area (Å²) in [7, 11) is -3.52. The molecule has 116 valence electrons. The van der Waals surface area contributed by atoms with E-state index in [1.807, 2.05) is 52.8 Å². The highest BCUT2D eigenvalue weighted by Gasteiger charge is 2.52. The van der Waals surface area contributed by atoms with E-state index in [1.54, 1.807) is 0 Å². The SMILES string of the molecule is Cc1ccc(CS(C)(=O)=O)cc1B1OC(C)(C)C(C)(C)O1. The zero-order valence-electron chi connectivity index (χ0n) is 13.6. The molecular weight excluding hydrogens is 287 g/mol. The van der Waals surface area contributed by atoms with Crippen LogP contribution in [0.4, 0.5) is 0 Å². The van der Waals surface area contributed by atoms with Crippen molar-refractivity contribution >= 4 is 22.4 Å². The molecule has 0 radical (unpaired) electrons. The highest BCUT2D eigenvalue weighted by Crippen LogP contribution is 2.36. The van der Waals surface area contributed by atoms with Crippen molar-refractivity contribution in [2.24, 2.45) is 0 Å². The Hall–Kier alpha value is -0.845. The second-order valence-electron chi connectivity index (χ2n) is 6.85. The Labute approximate surface area is 127 Å². The number of sulfone groups is 1. The van der Waals surface area contributed by atoms with Gasteiger partial charge in [0.1, 0.15) is 0 Å². The summed E-state index contributed by atoms with van der Waals surface area (Å²) in [6.45, 7) is 9.99. The number of hydrogen-bond acceptors (Lipinski definition) is 4. The second kappa shape index (κ2) is 5.11. The average molecular weight is 310 g/mol. The van der Waals surface area contributed by atoms with E-state index in [9.17, 15) is 8.42 Å². The van der Waals surface area contributed by atoms with Gasteiger partial charge >= 0.3 is 7.12 Å². The highest BCUT2D eigenvalue weighted by molar-refractivity contribution is 7.89. The monoisotopic (exact) mass is 310 g/mol. The fourth-order valence-corrected chi connectivity index (χ4v) is 3.09. The number of hydrogen-bond donors (Lipinski definition) is 0. The first-order valence-corrected chi connectivity index (χ1v) is 9.10. The van der Waals surface area contributed by atoms with Crippen molar-refractivity contribution in [1.29, 1.82) is 0 Å². The predicted molar refractivity (Wildman–Crippen MR) is 85.4 cm³/mol. The molecule has 0 N–H and O–H groups in total. The molecule has 1 heterocycles. The van der Waals surface area contributed by atoms with E-state index in [-0.39, 0.29) is 5.75 Å². The van der Waals surface area contributed by atoms with E-state index in [4.69, 9.17) is 9.31 Å². The van der Waals surface area contributed by atoms with E-state index in [2.05, 4.69) is 0 Å². The molecule has 0 amide bonds. The van der Waals surface area contributed by atoms with Crippen molar-refractivity contribution in [2.45, 2.75) is 51.6 Å². The van der Waals surface area contributed by atoms with Gasteiger partial charge in [0.15, 0.2) is 9.84 Å². The number of benzene rings is 1. The highest BCUT2D eigenvalue weighted by atomic mass is 32.2. The lowest BCUT2D eigenvalue weighted by Crippen LogP contribution is -2.41. The Bertz CT molecular complexity index is 634. The molecule has 0 spiro atoms. The average Bonchev–Trinajstić information content (AvgIpc) is 2.49. The van der Waals surface area contributed by atoms with E-state index < -0.39 is 28.2 Å². The second-order valence-corrected chi connectivity index (χ2v) is 8.99. The molecule has 1 aliphatic heterocycles. The third kappa shape index (κ3) is 3.50. The molecule has 1 aromatic carbocycles. The smallest absolute Gasteiger partial charge is 0.399 e. The van der Waals surface area contributed by atoms with Crippen molar-refractivity contribution in [2.75, 3.05) is 6.26 Å². The molecule has 2 rings (SSSR count). The van der Waals surface area contributed by atoms with Crippen LogP contribution in [0.5, 0.6) is 0 Å². The lowest BCUT2D eigenvalue weighted by Gasteiger charge is -2.32. The van der Waals surface area contributed by atoms with Gasteiger partial charge < -0.3 is 9.31 Å². The fourth-order valence-electron chi connectivity index (χ4n) is 2.31. The largest absolute Gasteiger partial charge is 0.495 e. The van der Waals surface area contributed by atoms with Gasteiger partial charge in [0.2, 0.25) is 0 Å². The molecule has 1 aromatic rings. The van der Waals surface area contributed by atoms with Crippen molar-refractivity contribution in [3.05, 3.63) is 29.3 Å². The van der Waals surface area contributed by atoms with Crippen LogP contribution < -0.4 is 5.46 Å². The Balaban J connectivity index is 2.35. The van der Waals surface area contributed by atoms with Crippen LogP contribution in [0.15, 0.2) is 18.2 Å². The summed E-state index contributed by atoms with van der Waals surface area (Å²) in [5.74, 6) is 0.0276. The zero-order valence-corrected chi connectivity index (χ0v) is 14.4. The minimum atomic E-state index is -3.06. The van der Waals surface area contributed by atoms with Crippen LogP contribution in [-0.2, 0) is 24.9 Å². The summed E-state index contributed by atoms with van der Waals surface area (Å²) in [4.78, 5) is 0. The Morgan fingerprint density at radius 3 is 2.10 bits per heavy atom. The van der Waals surface area contributed by atoms with E-state index in [0.29, 0.717) is 0 Å². The fraction of sp³-hybridized carbons (Fsp3) is 0.600. The third-order valence-electron chi connectivity index (χ3n) is 4.28. The summed E-state index contributed by atoms with van der Waals surface area (Å²) in [6, 6.07) is 5.63. The Kier molecular flexibility index (Phi) is 4.02. The maximum Gasteiger partial charge on any atom is 0.495 e. The number of aryl methyl sites for hydroxylation is 1. The summed E-state index contributed by atoms with van der Waals surface area (Å²) in [5, 5.41) is 0. The van der Waals surface area contributed by atoms with Gasteiger partial charge in [-0.3, -0.25) is 0 Å². The standard InChI is InChI=1S/C15H23BO4S/c1-11-7-8-12(10-21(6,17)18)9-13(11)16-19-14(2,3)15(4,5)20-16/h7-9H,10H2,1-6H3. The molecule has 1 fully saturated rings. The van der Waals surface area contributed by atoms with Gasteiger partial charge in [0, 0.05) is 6.26 Å². The summed E-state index contributed by atoms with van der Waals surface area (Å²) < 4.78 is 35.0. The minimum absolute atomic E-state index is 0.0276. The van der Waals surface area contributed by atoms with Crippen LogP contribution >= 0.6 is 0 Å². The lowest BCUT2D eigenvalue weighted by molar-refractivity contribution is 0.00578. The maximum atomic E-state index is 11.5. The van der Waals surface area contributed by atoms with Crippen molar-refractivity contribution in [3.8, 4) is 0 Å². The van der Waals surface area contributed by atoms with Gasteiger partial charge in [-0.05, 0) is 45.6 Å². The van der Waals surface area contributed by atoms with Crippen LogP contribution in [0.1, 0.15) is 38.8 Å². The van der Waals surface area contributed by atoms with Gasteiger partial charge in [0.25, 0.3) is 0 Å². The topological polar surface area (TPSA) is 52.6 Å². The molecule has 0 atom stereocenters. The molecule has 1 saturated heterocycles. The Morgan fingerprint density at radius 1 is 1.10 bits per heavy atom. The predicted octanol–water partition coefficient (Wildman–Crippen LogP) is 1.84. The Morgan fingerprint density at radius 2 is 1.62 bits per heavy atom. The molecule has 0 saturated carbocycles. The van der Waals surface area contributed by atoms with E-state index in [1.165, 1.54) is 6.26 Å². The molecule has 0 aromatic heterocycles. The first-order valence-electron chi connectivity index (χ1n) is 7.04. The molecule has 0 aliphatic carbocycles. The minimum Gasteiger partial charge on any atom is -0.399 e. The van der Waals surface area contributed by atoms with Gasteiger partial charge in [-0.1, -0.05) is 23.8 Å². The van der Waals surface area contributed by atoms with E-state index in [0.717, 1.165) is 16.6 Å². The van der Waals surface area contributed by atoms with Gasteiger partial charge in [-0.25, -0.2) is 8.42 Å². The van der Waals surface area contributed by atoms with Crippen LogP contribution in [0, 0.1) is 6.92 Å². The van der Waals surface area contributed by atoms with Gasteiger partial charge in [-0.15, -0.1) is 0 Å². The normalized spacial score (nSPS) is 20.8. The molecule has 0 unspecified atom stereocenters. The van der Waals surface area contributed by atoms with Crippen molar-refractivity contribution in [3.63, 3.8) is 0 Å². The number of rotatable bonds is 3.